The molecule has 0 unspecified atom stereocenters. The molecule has 10 heteroatoms. The minimum absolute atomic E-state index is 0.0251. The molecule has 0 radical (unpaired) electrons. The largest absolute Gasteiger partial charge is 0.362 e. The van der Waals surface area contributed by atoms with Gasteiger partial charge in [0.05, 0.1) is 0 Å². The highest BCUT2D eigenvalue weighted by Gasteiger charge is 2.15. The van der Waals surface area contributed by atoms with Crippen LogP contribution in [-0.2, 0) is 28.7 Å². The molecule has 0 bridgehead atoms. The number of hydrogen-bond donors (Lipinski definition) is 2. The van der Waals surface area contributed by atoms with E-state index in [4.69, 9.17) is 9.47 Å². The Morgan fingerprint density at radius 3 is 0.891 bits per heavy atom. The van der Waals surface area contributed by atoms with E-state index in [0.29, 0.717) is 13.1 Å². The van der Waals surface area contributed by atoms with Gasteiger partial charge in [0.2, 0.25) is 23.6 Å². The Morgan fingerprint density at radius 2 is 0.600 bits per heavy atom. The fraction of sp³-hybridized carbons (Fsp3) is 0.911. The lowest BCUT2D eigenvalue weighted by Crippen LogP contribution is -2.37. The lowest BCUT2D eigenvalue weighted by Gasteiger charge is -2.23. The van der Waals surface area contributed by atoms with E-state index in [2.05, 4.69) is 38.3 Å². The molecule has 0 aromatic heterocycles. The SMILES string of the molecule is CCCCCCCCN(CCCCCCCC)C(=O)COCC(=O)NCCCCCNC(=O)COCC(=O)N(CCCCCCCC)CCCCCCCC. The van der Waals surface area contributed by atoms with Crippen LogP contribution in [0.25, 0.3) is 0 Å². The lowest BCUT2D eigenvalue weighted by molar-refractivity contribution is -0.139. The summed E-state index contributed by atoms with van der Waals surface area (Å²) >= 11 is 0. The predicted octanol–water partition coefficient (Wildman–Crippen LogP) is 9.52. The molecule has 0 fully saturated rings. The fourth-order valence-electron chi connectivity index (χ4n) is 6.68. The van der Waals surface area contributed by atoms with Crippen LogP contribution >= 0.6 is 0 Å². The molecule has 2 N–H and O–H groups in total. The fourth-order valence-corrected chi connectivity index (χ4v) is 6.68. The van der Waals surface area contributed by atoms with Crippen molar-refractivity contribution < 1.29 is 28.7 Å². The van der Waals surface area contributed by atoms with Crippen molar-refractivity contribution >= 4 is 23.6 Å². The van der Waals surface area contributed by atoms with Crippen LogP contribution in [0.4, 0.5) is 0 Å². The lowest BCUT2D eigenvalue weighted by atomic mass is 10.1. The number of ether oxygens (including phenoxy) is 2. The maximum absolute atomic E-state index is 12.9. The molecule has 0 saturated carbocycles. The summed E-state index contributed by atoms with van der Waals surface area (Å²) in [5.74, 6) is -0.488. The second kappa shape index (κ2) is 41.4. The number of nitrogens with zero attached hydrogens (tertiary/aromatic N) is 2. The summed E-state index contributed by atoms with van der Waals surface area (Å²) in [5, 5.41) is 5.73. The molecule has 0 rings (SSSR count). The van der Waals surface area contributed by atoms with E-state index < -0.39 is 0 Å². The first kappa shape index (κ1) is 52.8. The highest BCUT2D eigenvalue weighted by atomic mass is 16.5. The van der Waals surface area contributed by atoms with Crippen LogP contribution < -0.4 is 10.6 Å². The van der Waals surface area contributed by atoms with Crippen molar-refractivity contribution in [2.24, 2.45) is 0 Å². The Labute approximate surface area is 338 Å². The first-order chi connectivity index (χ1) is 26.9. The molecule has 55 heavy (non-hydrogen) atoms. The molecule has 0 heterocycles. The molecule has 324 valence electrons. The molecular formula is C45H88N4O6. The van der Waals surface area contributed by atoms with Crippen LogP contribution in [0.3, 0.4) is 0 Å². The third-order valence-electron chi connectivity index (χ3n) is 10.2. The highest BCUT2D eigenvalue weighted by Crippen LogP contribution is 2.11. The minimum Gasteiger partial charge on any atom is -0.362 e. The molecule has 0 aliphatic rings. The van der Waals surface area contributed by atoms with Crippen LogP contribution in [-0.4, -0.2) is 99.1 Å². The summed E-state index contributed by atoms with van der Waals surface area (Å²) in [7, 11) is 0. The van der Waals surface area contributed by atoms with Crippen LogP contribution in [0.2, 0.25) is 0 Å². The smallest absolute Gasteiger partial charge is 0.248 e. The number of hydrogen-bond acceptors (Lipinski definition) is 6. The summed E-state index contributed by atoms with van der Waals surface area (Å²) in [6, 6.07) is 0. The van der Waals surface area contributed by atoms with E-state index in [1.165, 1.54) is 103 Å². The Kier molecular flexibility index (Phi) is 39.8. The van der Waals surface area contributed by atoms with Gasteiger partial charge in [-0.1, -0.05) is 156 Å². The molecule has 0 aromatic carbocycles. The molecule has 0 aromatic rings. The molecule has 0 aliphatic heterocycles. The normalized spacial score (nSPS) is 11.1. The van der Waals surface area contributed by atoms with Crippen molar-refractivity contribution in [3.8, 4) is 0 Å². The average Bonchev–Trinajstić information content (AvgIpc) is 3.17. The maximum atomic E-state index is 12.9. The number of unbranched alkanes of at least 4 members (excludes halogenated alkanes) is 22. The number of carbonyl (C=O) groups excluding carboxylic acids is 4. The van der Waals surface area contributed by atoms with Gasteiger partial charge in [0.25, 0.3) is 0 Å². The number of amides is 4. The Balaban J connectivity index is 4.20. The molecule has 0 spiro atoms. The van der Waals surface area contributed by atoms with Gasteiger partial charge in [-0.15, -0.1) is 0 Å². The highest BCUT2D eigenvalue weighted by molar-refractivity contribution is 5.80. The maximum Gasteiger partial charge on any atom is 0.248 e. The molecule has 10 nitrogen and oxygen atoms in total. The zero-order chi connectivity index (χ0) is 40.5. The van der Waals surface area contributed by atoms with Gasteiger partial charge in [0.1, 0.15) is 26.4 Å². The van der Waals surface area contributed by atoms with Gasteiger partial charge in [0, 0.05) is 39.3 Å². The van der Waals surface area contributed by atoms with Gasteiger partial charge in [-0.3, -0.25) is 19.2 Å². The van der Waals surface area contributed by atoms with Crippen LogP contribution in [0.15, 0.2) is 0 Å². The second-order valence-corrected chi connectivity index (χ2v) is 15.6. The monoisotopic (exact) mass is 781 g/mol. The second-order valence-electron chi connectivity index (χ2n) is 15.6. The summed E-state index contributed by atoms with van der Waals surface area (Å²) in [4.78, 5) is 54.3. The third kappa shape index (κ3) is 35.9. The van der Waals surface area contributed by atoms with E-state index in [-0.39, 0.29) is 50.1 Å². The van der Waals surface area contributed by atoms with Crippen molar-refractivity contribution in [1.82, 2.24) is 20.4 Å². The Bertz CT molecular complexity index is 803. The van der Waals surface area contributed by atoms with Crippen LogP contribution in [0.5, 0.6) is 0 Å². The molecule has 4 amide bonds. The van der Waals surface area contributed by atoms with Gasteiger partial charge >= 0.3 is 0 Å². The molecular weight excluding hydrogens is 693 g/mol. The van der Waals surface area contributed by atoms with Gasteiger partial charge in [0.15, 0.2) is 0 Å². The average molecular weight is 781 g/mol. The number of rotatable bonds is 42. The molecule has 0 aliphatic carbocycles. The summed E-state index contributed by atoms with van der Waals surface area (Å²) in [5.41, 5.74) is 0. The van der Waals surface area contributed by atoms with E-state index >= 15 is 0 Å². The summed E-state index contributed by atoms with van der Waals surface area (Å²) in [6.45, 7) is 12.6. The van der Waals surface area contributed by atoms with Crippen molar-refractivity contribution in [3.05, 3.63) is 0 Å². The summed E-state index contributed by atoms with van der Waals surface area (Å²) < 4.78 is 11.0. The Morgan fingerprint density at radius 1 is 0.345 bits per heavy atom. The molecule has 0 saturated heterocycles. The number of nitrogens with one attached hydrogen (secondary N) is 2. The summed E-state index contributed by atoms with van der Waals surface area (Å²) in [6.07, 6.45) is 30.9. The Hall–Kier alpha value is -2.20. The predicted molar refractivity (Wildman–Crippen MR) is 228 cm³/mol. The first-order valence-corrected chi connectivity index (χ1v) is 23.1. The minimum atomic E-state index is -0.219. The topological polar surface area (TPSA) is 117 Å². The van der Waals surface area contributed by atoms with Gasteiger partial charge in [-0.2, -0.15) is 0 Å². The van der Waals surface area contributed by atoms with Crippen molar-refractivity contribution in [1.29, 1.82) is 0 Å². The van der Waals surface area contributed by atoms with Crippen molar-refractivity contribution in [2.45, 2.75) is 201 Å². The van der Waals surface area contributed by atoms with Crippen molar-refractivity contribution in [3.63, 3.8) is 0 Å². The van der Waals surface area contributed by atoms with Crippen molar-refractivity contribution in [2.75, 3.05) is 65.7 Å². The quantitative estimate of drug-likeness (QED) is 0.0597. The van der Waals surface area contributed by atoms with E-state index in [1.54, 1.807) is 0 Å². The molecule has 0 atom stereocenters. The van der Waals surface area contributed by atoms with Crippen LogP contribution in [0.1, 0.15) is 201 Å². The first-order valence-electron chi connectivity index (χ1n) is 23.1. The van der Waals surface area contributed by atoms with E-state index in [0.717, 1.165) is 96.8 Å². The zero-order valence-corrected chi connectivity index (χ0v) is 36.5. The van der Waals surface area contributed by atoms with E-state index in [1.807, 2.05) is 9.80 Å². The van der Waals surface area contributed by atoms with E-state index in [9.17, 15) is 19.2 Å². The standard InChI is InChI=1S/C45H88N4O6/c1-5-9-13-17-21-28-34-48(35-29-22-18-14-10-6-2)44(52)40-54-38-42(50)46-32-26-25-27-33-47-43(51)39-55-41-45(53)49(36-30-23-19-15-11-7-3)37-31-24-20-16-12-8-4/h5-41H2,1-4H3,(H,46,50)(H,47,51). The number of carbonyl (C=O) groups is 4. The zero-order valence-electron chi connectivity index (χ0n) is 36.5. The third-order valence-corrected chi connectivity index (χ3v) is 10.2. The van der Waals surface area contributed by atoms with Gasteiger partial charge < -0.3 is 29.9 Å². The van der Waals surface area contributed by atoms with Crippen LogP contribution in [0, 0.1) is 0 Å². The van der Waals surface area contributed by atoms with Gasteiger partial charge in [-0.05, 0) is 44.9 Å². The van der Waals surface area contributed by atoms with Gasteiger partial charge in [-0.25, -0.2) is 0 Å².